The van der Waals surface area contributed by atoms with Crippen molar-refractivity contribution in [1.29, 1.82) is 0 Å². The fourth-order valence-corrected chi connectivity index (χ4v) is 3.28. The molecule has 0 spiro atoms. The van der Waals surface area contributed by atoms with Gasteiger partial charge in [-0.1, -0.05) is 44.5 Å². The fourth-order valence-electron chi connectivity index (χ4n) is 3.08. The third kappa shape index (κ3) is 5.15. The monoisotopic (exact) mass is 412 g/mol. The summed E-state index contributed by atoms with van der Waals surface area (Å²) in [6, 6.07) is 10.8. The highest BCUT2D eigenvalue weighted by molar-refractivity contribution is 6.34. The molecule has 0 aliphatic rings. The topological polar surface area (TPSA) is 76.0 Å². The summed E-state index contributed by atoms with van der Waals surface area (Å²) < 4.78 is 1.75. The minimum atomic E-state index is -0.311. The first-order chi connectivity index (χ1) is 13.6. The number of nitrogens with zero attached hydrogens (tertiary/aromatic N) is 2. The van der Waals surface area contributed by atoms with Crippen LogP contribution in [0.15, 0.2) is 42.6 Å². The van der Waals surface area contributed by atoms with Gasteiger partial charge < -0.3 is 10.6 Å². The minimum Gasteiger partial charge on any atom is -0.352 e. The SMILES string of the molecule is Cn1ncc2c(NC(=O)c3cc(CNC(=O)CC(C)(C)C)ccc3Cl)cccc21. The third-order valence-electron chi connectivity index (χ3n) is 4.50. The molecular weight excluding hydrogens is 388 g/mol. The van der Waals surface area contributed by atoms with Gasteiger partial charge in [-0.05, 0) is 35.2 Å². The molecule has 1 aromatic heterocycles. The summed E-state index contributed by atoms with van der Waals surface area (Å²) in [4.78, 5) is 24.9. The van der Waals surface area contributed by atoms with Crippen LogP contribution in [0, 0.1) is 5.41 Å². The second kappa shape index (κ2) is 8.25. The average molecular weight is 413 g/mol. The highest BCUT2D eigenvalue weighted by Gasteiger charge is 2.17. The molecule has 29 heavy (non-hydrogen) atoms. The van der Waals surface area contributed by atoms with Crippen LogP contribution in [-0.4, -0.2) is 21.6 Å². The number of anilines is 1. The van der Waals surface area contributed by atoms with Crippen LogP contribution in [0.1, 0.15) is 43.1 Å². The minimum absolute atomic E-state index is 0.0262. The Labute approximate surface area is 175 Å². The number of aryl methyl sites for hydroxylation is 1. The molecule has 3 aromatic rings. The maximum absolute atomic E-state index is 12.9. The van der Waals surface area contributed by atoms with Crippen LogP contribution in [0.5, 0.6) is 0 Å². The van der Waals surface area contributed by atoms with Crippen molar-refractivity contribution < 1.29 is 9.59 Å². The zero-order valence-electron chi connectivity index (χ0n) is 17.0. The second-order valence-corrected chi connectivity index (χ2v) is 8.70. The molecule has 0 saturated carbocycles. The first-order valence-electron chi connectivity index (χ1n) is 9.41. The summed E-state index contributed by atoms with van der Waals surface area (Å²) in [5.41, 5.74) is 2.67. The molecule has 2 amide bonds. The molecule has 0 radical (unpaired) electrons. The maximum Gasteiger partial charge on any atom is 0.257 e. The van der Waals surface area contributed by atoms with E-state index in [2.05, 4.69) is 15.7 Å². The smallest absolute Gasteiger partial charge is 0.257 e. The Kier molecular flexibility index (Phi) is 5.94. The van der Waals surface area contributed by atoms with Crippen molar-refractivity contribution in [2.24, 2.45) is 12.5 Å². The van der Waals surface area contributed by atoms with Crippen molar-refractivity contribution in [2.75, 3.05) is 5.32 Å². The van der Waals surface area contributed by atoms with Gasteiger partial charge in [-0.3, -0.25) is 14.3 Å². The highest BCUT2D eigenvalue weighted by atomic mass is 35.5. The second-order valence-electron chi connectivity index (χ2n) is 8.29. The number of carbonyl (C=O) groups is 2. The predicted octanol–water partition coefficient (Wildman–Crippen LogP) is 4.53. The molecule has 2 N–H and O–H groups in total. The Balaban J connectivity index is 1.75. The van der Waals surface area contributed by atoms with Crippen LogP contribution in [0.4, 0.5) is 5.69 Å². The first kappa shape index (κ1) is 20.9. The Morgan fingerprint density at radius 2 is 1.93 bits per heavy atom. The molecule has 152 valence electrons. The number of amides is 2. The van der Waals surface area contributed by atoms with Gasteiger partial charge in [-0.25, -0.2) is 0 Å². The van der Waals surface area contributed by atoms with E-state index in [9.17, 15) is 9.59 Å². The lowest BCUT2D eigenvalue weighted by molar-refractivity contribution is -0.122. The molecule has 0 saturated heterocycles. The summed E-state index contributed by atoms with van der Waals surface area (Å²) >= 11 is 6.26. The number of nitrogens with one attached hydrogen (secondary N) is 2. The van der Waals surface area contributed by atoms with E-state index < -0.39 is 0 Å². The van der Waals surface area contributed by atoms with Gasteiger partial charge in [0.25, 0.3) is 5.91 Å². The van der Waals surface area contributed by atoms with Gasteiger partial charge >= 0.3 is 0 Å². The first-order valence-corrected chi connectivity index (χ1v) is 9.79. The molecule has 6 nitrogen and oxygen atoms in total. The summed E-state index contributed by atoms with van der Waals surface area (Å²) in [6.07, 6.45) is 2.15. The van der Waals surface area contributed by atoms with Crippen molar-refractivity contribution in [3.05, 3.63) is 58.7 Å². The Morgan fingerprint density at radius 3 is 2.66 bits per heavy atom. The normalized spacial score (nSPS) is 11.5. The van der Waals surface area contributed by atoms with Crippen molar-refractivity contribution in [3.8, 4) is 0 Å². The van der Waals surface area contributed by atoms with E-state index in [0.717, 1.165) is 16.5 Å². The average Bonchev–Trinajstić information content (AvgIpc) is 3.02. The molecule has 0 aliphatic carbocycles. The maximum atomic E-state index is 12.9. The van der Waals surface area contributed by atoms with Gasteiger partial charge in [-0.2, -0.15) is 5.10 Å². The largest absolute Gasteiger partial charge is 0.352 e. The van der Waals surface area contributed by atoms with Crippen molar-refractivity contribution in [2.45, 2.75) is 33.7 Å². The van der Waals surface area contributed by atoms with E-state index in [4.69, 9.17) is 11.6 Å². The molecule has 0 atom stereocenters. The molecule has 1 heterocycles. The number of aromatic nitrogens is 2. The van der Waals surface area contributed by atoms with Crippen LogP contribution < -0.4 is 10.6 Å². The van der Waals surface area contributed by atoms with Crippen LogP contribution in [0.25, 0.3) is 10.9 Å². The predicted molar refractivity (Wildman–Crippen MR) is 116 cm³/mol. The van der Waals surface area contributed by atoms with E-state index in [0.29, 0.717) is 29.2 Å². The molecule has 7 heteroatoms. The van der Waals surface area contributed by atoms with E-state index >= 15 is 0 Å². The molecule has 0 aliphatic heterocycles. The van der Waals surface area contributed by atoms with Gasteiger partial charge in [-0.15, -0.1) is 0 Å². The zero-order valence-corrected chi connectivity index (χ0v) is 17.8. The van der Waals surface area contributed by atoms with Crippen LogP contribution in [-0.2, 0) is 18.4 Å². The number of hydrogen-bond donors (Lipinski definition) is 2. The van der Waals surface area contributed by atoms with Gasteiger partial charge in [0.05, 0.1) is 28.0 Å². The number of benzene rings is 2. The summed E-state index contributed by atoms with van der Waals surface area (Å²) in [5.74, 6) is -0.337. The van der Waals surface area contributed by atoms with Gasteiger partial charge in [0, 0.05) is 25.4 Å². The molecule has 0 bridgehead atoms. The van der Waals surface area contributed by atoms with Crippen molar-refractivity contribution in [3.63, 3.8) is 0 Å². The number of fused-ring (bicyclic) bond motifs is 1. The molecule has 2 aromatic carbocycles. The van der Waals surface area contributed by atoms with Crippen LogP contribution >= 0.6 is 11.6 Å². The molecule has 0 unspecified atom stereocenters. The molecule has 0 fully saturated rings. The van der Waals surface area contributed by atoms with Crippen LogP contribution in [0.3, 0.4) is 0 Å². The highest BCUT2D eigenvalue weighted by Crippen LogP contribution is 2.25. The van der Waals surface area contributed by atoms with Gasteiger partial charge in [0.15, 0.2) is 0 Å². The van der Waals surface area contributed by atoms with Crippen molar-refractivity contribution in [1.82, 2.24) is 15.1 Å². The van der Waals surface area contributed by atoms with E-state index in [1.165, 1.54) is 0 Å². The lowest BCUT2D eigenvalue weighted by Crippen LogP contribution is -2.27. The van der Waals surface area contributed by atoms with Gasteiger partial charge in [0.2, 0.25) is 5.91 Å². The van der Waals surface area contributed by atoms with E-state index in [1.54, 1.807) is 29.1 Å². The summed E-state index contributed by atoms with van der Waals surface area (Å²) in [6.45, 7) is 6.38. The number of halogens is 1. The summed E-state index contributed by atoms with van der Waals surface area (Å²) in [7, 11) is 1.85. The standard InChI is InChI=1S/C22H25ClN4O2/c1-22(2,3)11-20(28)24-12-14-8-9-17(23)15(10-14)21(29)26-18-6-5-7-19-16(18)13-25-27(19)4/h5-10,13H,11-12H2,1-4H3,(H,24,28)(H,26,29). The van der Waals surface area contributed by atoms with Gasteiger partial charge in [0.1, 0.15) is 0 Å². The number of hydrogen-bond acceptors (Lipinski definition) is 3. The van der Waals surface area contributed by atoms with Crippen LogP contribution in [0.2, 0.25) is 5.02 Å². The van der Waals surface area contributed by atoms with E-state index in [1.807, 2.05) is 46.0 Å². The number of rotatable bonds is 5. The fraction of sp³-hybridized carbons (Fsp3) is 0.318. The van der Waals surface area contributed by atoms with E-state index in [-0.39, 0.29) is 17.2 Å². The quantitative estimate of drug-likeness (QED) is 0.646. The lowest BCUT2D eigenvalue weighted by atomic mass is 9.92. The Morgan fingerprint density at radius 1 is 1.17 bits per heavy atom. The number of carbonyl (C=O) groups excluding carboxylic acids is 2. The van der Waals surface area contributed by atoms with Crippen molar-refractivity contribution >= 4 is 40.0 Å². The Bertz CT molecular complexity index is 1070. The summed E-state index contributed by atoms with van der Waals surface area (Å²) in [5, 5.41) is 11.2. The molecular formula is C22H25ClN4O2. The third-order valence-corrected chi connectivity index (χ3v) is 4.83. The Hall–Kier alpha value is -2.86. The zero-order chi connectivity index (χ0) is 21.2. The molecule has 3 rings (SSSR count). The lowest BCUT2D eigenvalue weighted by Gasteiger charge is -2.17.